The molecule has 0 aliphatic carbocycles. The number of aromatic nitrogens is 2. The maximum Gasteiger partial charge on any atom is 0.226 e. The van der Waals surface area contributed by atoms with Gasteiger partial charge in [0.05, 0.1) is 6.20 Å². The van der Waals surface area contributed by atoms with Gasteiger partial charge >= 0.3 is 0 Å². The lowest BCUT2D eigenvalue weighted by molar-refractivity contribution is 0.317. The van der Waals surface area contributed by atoms with Crippen molar-refractivity contribution in [3.8, 4) is 11.5 Å². The third-order valence-corrected chi connectivity index (χ3v) is 3.39. The van der Waals surface area contributed by atoms with Gasteiger partial charge in [-0.1, -0.05) is 0 Å². The SMILES string of the molecule is CN1CCC[C@H]1c1cnccc1-c1ncco1. The number of hydrogen-bond donors (Lipinski definition) is 0. The zero-order chi connectivity index (χ0) is 11.7. The molecule has 2 aromatic rings. The van der Waals surface area contributed by atoms with Crippen molar-refractivity contribution in [3.63, 3.8) is 0 Å². The molecular formula is C13H15N3O. The van der Waals surface area contributed by atoms with Crippen LogP contribution in [0.25, 0.3) is 11.5 Å². The summed E-state index contributed by atoms with van der Waals surface area (Å²) in [5, 5.41) is 0. The molecule has 0 bridgehead atoms. The molecule has 0 unspecified atom stereocenters. The molecule has 0 radical (unpaired) electrons. The molecule has 0 aromatic carbocycles. The van der Waals surface area contributed by atoms with Gasteiger partial charge in [-0.05, 0) is 32.5 Å². The highest BCUT2D eigenvalue weighted by atomic mass is 16.3. The van der Waals surface area contributed by atoms with Crippen molar-refractivity contribution >= 4 is 0 Å². The second-order valence-electron chi connectivity index (χ2n) is 4.44. The first-order chi connectivity index (χ1) is 8.36. The molecule has 2 aromatic heterocycles. The second kappa shape index (κ2) is 4.30. The summed E-state index contributed by atoms with van der Waals surface area (Å²) >= 11 is 0. The molecule has 0 amide bonds. The lowest BCUT2D eigenvalue weighted by Crippen LogP contribution is -2.18. The first kappa shape index (κ1) is 10.5. The van der Waals surface area contributed by atoms with Crippen molar-refractivity contribution < 1.29 is 4.42 Å². The van der Waals surface area contributed by atoms with E-state index in [0.717, 1.165) is 12.1 Å². The van der Waals surface area contributed by atoms with E-state index in [0.29, 0.717) is 11.9 Å². The molecule has 3 heterocycles. The van der Waals surface area contributed by atoms with Crippen LogP contribution in [-0.2, 0) is 0 Å². The quantitative estimate of drug-likeness (QED) is 0.793. The van der Waals surface area contributed by atoms with E-state index in [1.165, 1.54) is 18.4 Å². The topological polar surface area (TPSA) is 42.2 Å². The largest absolute Gasteiger partial charge is 0.445 e. The Morgan fingerprint density at radius 2 is 2.35 bits per heavy atom. The highest BCUT2D eigenvalue weighted by molar-refractivity contribution is 5.58. The Bertz CT molecular complexity index is 495. The van der Waals surface area contributed by atoms with Gasteiger partial charge in [0.1, 0.15) is 6.26 Å². The number of pyridine rings is 1. The van der Waals surface area contributed by atoms with Crippen molar-refractivity contribution in [2.75, 3.05) is 13.6 Å². The Labute approximate surface area is 100 Å². The third-order valence-electron chi connectivity index (χ3n) is 3.39. The summed E-state index contributed by atoms with van der Waals surface area (Å²) in [5.74, 6) is 0.683. The van der Waals surface area contributed by atoms with Crippen LogP contribution in [0.2, 0.25) is 0 Å². The van der Waals surface area contributed by atoms with E-state index in [1.807, 2.05) is 12.3 Å². The van der Waals surface area contributed by atoms with E-state index in [2.05, 4.69) is 21.9 Å². The lowest BCUT2D eigenvalue weighted by Gasteiger charge is -2.21. The van der Waals surface area contributed by atoms with Gasteiger partial charge in [-0.15, -0.1) is 0 Å². The van der Waals surface area contributed by atoms with E-state index in [-0.39, 0.29) is 0 Å². The number of rotatable bonds is 2. The summed E-state index contributed by atoms with van der Waals surface area (Å²) in [6, 6.07) is 2.42. The molecule has 1 saturated heterocycles. The van der Waals surface area contributed by atoms with Crippen molar-refractivity contribution in [2.24, 2.45) is 0 Å². The summed E-state index contributed by atoms with van der Waals surface area (Å²) in [5.41, 5.74) is 2.28. The van der Waals surface area contributed by atoms with E-state index in [4.69, 9.17) is 4.42 Å². The molecule has 0 saturated carbocycles. The zero-order valence-corrected chi connectivity index (χ0v) is 9.84. The van der Waals surface area contributed by atoms with E-state index < -0.39 is 0 Å². The first-order valence-corrected chi connectivity index (χ1v) is 5.90. The fourth-order valence-electron chi connectivity index (χ4n) is 2.53. The molecule has 0 N–H and O–H groups in total. The number of hydrogen-bond acceptors (Lipinski definition) is 4. The first-order valence-electron chi connectivity index (χ1n) is 5.90. The van der Waals surface area contributed by atoms with Gasteiger partial charge in [-0.25, -0.2) is 4.98 Å². The van der Waals surface area contributed by atoms with Crippen LogP contribution in [0.1, 0.15) is 24.4 Å². The Morgan fingerprint density at radius 1 is 1.41 bits per heavy atom. The van der Waals surface area contributed by atoms with Gasteiger partial charge in [-0.2, -0.15) is 0 Å². The molecule has 0 spiro atoms. The van der Waals surface area contributed by atoms with Crippen molar-refractivity contribution in [3.05, 3.63) is 36.5 Å². The highest BCUT2D eigenvalue weighted by Crippen LogP contribution is 2.35. The molecule has 17 heavy (non-hydrogen) atoms. The minimum absolute atomic E-state index is 0.436. The standard InChI is InChI=1S/C13H15N3O/c1-16-7-2-3-12(16)11-9-14-5-4-10(11)13-15-6-8-17-13/h4-6,8-9,12H,2-3,7H2,1H3/t12-/m0/s1. The Morgan fingerprint density at radius 3 is 3.06 bits per heavy atom. The second-order valence-corrected chi connectivity index (χ2v) is 4.44. The fourth-order valence-corrected chi connectivity index (χ4v) is 2.53. The molecule has 1 aliphatic rings. The molecule has 4 nitrogen and oxygen atoms in total. The average Bonchev–Trinajstić information content (AvgIpc) is 3.00. The average molecular weight is 229 g/mol. The zero-order valence-electron chi connectivity index (χ0n) is 9.84. The molecule has 1 aliphatic heterocycles. The van der Waals surface area contributed by atoms with Crippen LogP contribution in [0.5, 0.6) is 0 Å². The number of oxazole rings is 1. The fraction of sp³-hybridized carbons (Fsp3) is 0.385. The summed E-state index contributed by atoms with van der Waals surface area (Å²) in [6.07, 6.45) is 9.43. The Balaban J connectivity index is 2.05. The normalized spacial score (nSPS) is 20.9. The maximum atomic E-state index is 5.40. The van der Waals surface area contributed by atoms with E-state index >= 15 is 0 Å². The summed E-state index contributed by atoms with van der Waals surface area (Å²) in [4.78, 5) is 10.8. The maximum absolute atomic E-state index is 5.40. The molecule has 88 valence electrons. The predicted octanol–water partition coefficient (Wildman–Crippen LogP) is 2.50. The van der Waals surface area contributed by atoms with Gasteiger partial charge in [-0.3, -0.25) is 9.88 Å². The summed E-state index contributed by atoms with van der Waals surface area (Å²) in [7, 11) is 2.16. The summed E-state index contributed by atoms with van der Waals surface area (Å²) in [6.45, 7) is 1.14. The Kier molecular flexibility index (Phi) is 2.65. The molecular weight excluding hydrogens is 214 g/mol. The van der Waals surface area contributed by atoms with Crippen LogP contribution in [0.15, 0.2) is 35.3 Å². The minimum atomic E-state index is 0.436. The van der Waals surface area contributed by atoms with Gasteiger partial charge in [0.25, 0.3) is 0 Å². The van der Waals surface area contributed by atoms with Crippen LogP contribution < -0.4 is 0 Å². The minimum Gasteiger partial charge on any atom is -0.445 e. The van der Waals surface area contributed by atoms with Crippen LogP contribution in [0.4, 0.5) is 0 Å². The smallest absolute Gasteiger partial charge is 0.226 e. The number of likely N-dealkylation sites (tertiary alicyclic amines) is 1. The van der Waals surface area contributed by atoms with Crippen molar-refractivity contribution in [1.82, 2.24) is 14.9 Å². The highest BCUT2D eigenvalue weighted by Gasteiger charge is 2.26. The monoisotopic (exact) mass is 229 g/mol. The van der Waals surface area contributed by atoms with Crippen molar-refractivity contribution in [1.29, 1.82) is 0 Å². The predicted molar refractivity (Wildman–Crippen MR) is 64.3 cm³/mol. The van der Waals surface area contributed by atoms with Crippen LogP contribution in [-0.4, -0.2) is 28.5 Å². The van der Waals surface area contributed by atoms with Gasteiger partial charge < -0.3 is 4.42 Å². The third kappa shape index (κ3) is 1.85. The summed E-state index contributed by atoms with van der Waals surface area (Å²) < 4.78 is 5.40. The number of nitrogens with zero attached hydrogens (tertiary/aromatic N) is 3. The lowest BCUT2D eigenvalue weighted by atomic mass is 10.0. The van der Waals surface area contributed by atoms with Crippen molar-refractivity contribution in [2.45, 2.75) is 18.9 Å². The molecule has 1 atom stereocenters. The van der Waals surface area contributed by atoms with E-state index in [1.54, 1.807) is 18.7 Å². The van der Waals surface area contributed by atoms with Crippen LogP contribution in [0.3, 0.4) is 0 Å². The molecule has 1 fully saturated rings. The van der Waals surface area contributed by atoms with Gasteiger partial charge in [0.2, 0.25) is 5.89 Å². The van der Waals surface area contributed by atoms with Crippen LogP contribution in [0, 0.1) is 0 Å². The molecule has 3 rings (SSSR count). The van der Waals surface area contributed by atoms with Gasteiger partial charge in [0, 0.05) is 29.6 Å². The molecule has 4 heteroatoms. The van der Waals surface area contributed by atoms with Crippen LogP contribution >= 0.6 is 0 Å². The van der Waals surface area contributed by atoms with Gasteiger partial charge in [0.15, 0.2) is 0 Å². The Hall–Kier alpha value is -1.68. The van der Waals surface area contributed by atoms with E-state index in [9.17, 15) is 0 Å².